The maximum absolute atomic E-state index is 12.1. The molecule has 0 aromatic heterocycles. The van der Waals surface area contributed by atoms with Crippen LogP contribution in [0, 0.1) is 5.92 Å². The van der Waals surface area contributed by atoms with Crippen LogP contribution in [0.2, 0.25) is 5.02 Å². The molecule has 0 bridgehead atoms. The van der Waals surface area contributed by atoms with Crippen LogP contribution < -0.4 is 11.1 Å². The molecule has 3 nitrogen and oxygen atoms in total. The highest BCUT2D eigenvalue weighted by molar-refractivity contribution is 7.98. The number of carbonyl (C=O) groups excluding carboxylic acids is 1. The number of carbonyl (C=O) groups is 1. The molecule has 1 amide bonds. The molecule has 0 aliphatic carbocycles. The number of rotatable bonds is 7. The normalized spacial score (nSPS) is 14.1. The molecule has 0 fully saturated rings. The molecule has 3 N–H and O–H groups in total. The second-order valence-electron chi connectivity index (χ2n) is 5.17. The summed E-state index contributed by atoms with van der Waals surface area (Å²) >= 11 is 7.60. The van der Waals surface area contributed by atoms with Crippen LogP contribution in [-0.4, -0.2) is 24.0 Å². The summed E-state index contributed by atoms with van der Waals surface area (Å²) in [5, 5.41) is 3.74. The van der Waals surface area contributed by atoms with E-state index in [9.17, 15) is 4.79 Å². The van der Waals surface area contributed by atoms with Crippen molar-refractivity contribution < 1.29 is 4.79 Å². The highest BCUT2D eigenvalue weighted by Gasteiger charge is 2.21. The molecule has 0 aliphatic heterocycles. The average molecular weight is 315 g/mol. The SMILES string of the molecule is CSCC[C@@H](N)C(=O)NC(c1ccc(Cl)cc1)C(C)C. The molecule has 1 rings (SSSR count). The van der Waals surface area contributed by atoms with Gasteiger partial charge in [-0.15, -0.1) is 0 Å². The van der Waals surface area contributed by atoms with E-state index in [-0.39, 0.29) is 17.9 Å². The number of nitrogens with one attached hydrogen (secondary N) is 1. The van der Waals surface area contributed by atoms with Crippen LogP contribution in [0.15, 0.2) is 24.3 Å². The predicted molar refractivity (Wildman–Crippen MR) is 88.1 cm³/mol. The molecule has 2 atom stereocenters. The number of amides is 1. The fraction of sp³-hybridized carbons (Fsp3) is 0.533. The third-order valence-corrected chi connectivity index (χ3v) is 4.06. The lowest BCUT2D eigenvalue weighted by Crippen LogP contribution is -2.43. The van der Waals surface area contributed by atoms with E-state index in [4.69, 9.17) is 17.3 Å². The van der Waals surface area contributed by atoms with Gasteiger partial charge in [0.25, 0.3) is 0 Å². The molecule has 0 heterocycles. The molecule has 5 heteroatoms. The quantitative estimate of drug-likeness (QED) is 0.812. The van der Waals surface area contributed by atoms with Gasteiger partial charge in [0.2, 0.25) is 5.91 Å². The maximum Gasteiger partial charge on any atom is 0.237 e. The fourth-order valence-corrected chi connectivity index (χ4v) is 2.56. The molecule has 1 aromatic rings. The molecule has 112 valence electrons. The monoisotopic (exact) mass is 314 g/mol. The number of nitrogens with two attached hydrogens (primary N) is 1. The second kappa shape index (κ2) is 8.55. The zero-order chi connectivity index (χ0) is 15.1. The molecule has 0 aliphatic rings. The first-order chi connectivity index (χ1) is 9.45. The third-order valence-electron chi connectivity index (χ3n) is 3.16. The van der Waals surface area contributed by atoms with Crippen LogP contribution in [0.3, 0.4) is 0 Å². The number of benzene rings is 1. The van der Waals surface area contributed by atoms with Gasteiger partial charge < -0.3 is 11.1 Å². The average Bonchev–Trinajstić information content (AvgIpc) is 2.42. The van der Waals surface area contributed by atoms with E-state index in [2.05, 4.69) is 19.2 Å². The van der Waals surface area contributed by atoms with E-state index in [1.165, 1.54) is 0 Å². The van der Waals surface area contributed by atoms with Gasteiger partial charge >= 0.3 is 0 Å². The Morgan fingerprint density at radius 3 is 2.45 bits per heavy atom. The molecule has 0 saturated carbocycles. The Morgan fingerprint density at radius 2 is 1.95 bits per heavy atom. The third kappa shape index (κ3) is 5.35. The first-order valence-corrected chi connectivity index (χ1v) is 8.53. The smallest absolute Gasteiger partial charge is 0.237 e. The molecule has 1 aromatic carbocycles. The number of hydrogen-bond donors (Lipinski definition) is 2. The molecule has 0 spiro atoms. The van der Waals surface area contributed by atoms with Crippen molar-refractivity contribution in [3.63, 3.8) is 0 Å². The molecule has 0 radical (unpaired) electrons. The van der Waals surface area contributed by atoms with E-state index in [1.807, 2.05) is 30.5 Å². The van der Waals surface area contributed by atoms with Gasteiger partial charge in [-0.3, -0.25) is 4.79 Å². The summed E-state index contributed by atoms with van der Waals surface area (Å²) in [6.45, 7) is 4.15. The highest BCUT2D eigenvalue weighted by atomic mass is 35.5. The van der Waals surface area contributed by atoms with Crippen molar-refractivity contribution in [2.45, 2.75) is 32.4 Å². The van der Waals surface area contributed by atoms with Crippen molar-refractivity contribution in [1.82, 2.24) is 5.32 Å². The molecule has 0 saturated heterocycles. The Bertz CT molecular complexity index is 422. The summed E-state index contributed by atoms with van der Waals surface area (Å²) < 4.78 is 0. The predicted octanol–water partition coefficient (Wildman–Crippen LogP) is 3.23. The summed E-state index contributed by atoms with van der Waals surface area (Å²) in [4.78, 5) is 12.1. The summed E-state index contributed by atoms with van der Waals surface area (Å²) in [5.41, 5.74) is 6.96. The van der Waals surface area contributed by atoms with Crippen molar-refractivity contribution >= 4 is 29.3 Å². The Hall–Kier alpha value is -0.710. The molecular weight excluding hydrogens is 292 g/mol. The van der Waals surface area contributed by atoms with Crippen molar-refractivity contribution in [2.75, 3.05) is 12.0 Å². The van der Waals surface area contributed by atoms with E-state index in [0.717, 1.165) is 11.3 Å². The van der Waals surface area contributed by atoms with E-state index >= 15 is 0 Å². The van der Waals surface area contributed by atoms with Crippen LogP contribution in [0.4, 0.5) is 0 Å². The van der Waals surface area contributed by atoms with Crippen LogP contribution >= 0.6 is 23.4 Å². The Labute approximate surface area is 130 Å². The molecule has 20 heavy (non-hydrogen) atoms. The largest absolute Gasteiger partial charge is 0.348 e. The number of hydrogen-bond acceptors (Lipinski definition) is 3. The minimum Gasteiger partial charge on any atom is -0.348 e. The zero-order valence-corrected chi connectivity index (χ0v) is 13.8. The second-order valence-corrected chi connectivity index (χ2v) is 6.59. The Morgan fingerprint density at radius 1 is 1.35 bits per heavy atom. The maximum atomic E-state index is 12.1. The van der Waals surface area contributed by atoms with Gasteiger partial charge in [0, 0.05) is 5.02 Å². The Kier molecular flexibility index (Phi) is 7.41. The van der Waals surface area contributed by atoms with E-state index in [0.29, 0.717) is 11.4 Å². The number of thioether (sulfide) groups is 1. The summed E-state index contributed by atoms with van der Waals surface area (Å²) in [6.07, 6.45) is 2.70. The Balaban J connectivity index is 2.72. The van der Waals surface area contributed by atoms with Crippen LogP contribution in [0.25, 0.3) is 0 Å². The summed E-state index contributed by atoms with van der Waals surface area (Å²) in [6, 6.07) is 7.08. The van der Waals surface area contributed by atoms with Crippen LogP contribution in [-0.2, 0) is 4.79 Å². The molecular formula is C15H23ClN2OS. The minimum atomic E-state index is -0.448. The fourth-order valence-electron chi connectivity index (χ4n) is 1.94. The van der Waals surface area contributed by atoms with Crippen molar-refractivity contribution in [1.29, 1.82) is 0 Å². The van der Waals surface area contributed by atoms with Gasteiger partial charge in [0.15, 0.2) is 0 Å². The van der Waals surface area contributed by atoms with Gasteiger partial charge in [0.05, 0.1) is 12.1 Å². The first kappa shape index (κ1) is 17.3. The van der Waals surface area contributed by atoms with Crippen LogP contribution in [0.5, 0.6) is 0 Å². The lowest BCUT2D eigenvalue weighted by Gasteiger charge is -2.24. The van der Waals surface area contributed by atoms with Crippen molar-refractivity contribution in [3.8, 4) is 0 Å². The topological polar surface area (TPSA) is 55.1 Å². The first-order valence-electron chi connectivity index (χ1n) is 6.76. The van der Waals surface area contributed by atoms with Gasteiger partial charge in [-0.25, -0.2) is 0 Å². The standard InChI is InChI=1S/C15H23ClN2OS/c1-10(2)14(11-4-6-12(16)7-5-11)18-15(19)13(17)8-9-20-3/h4-7,10,13-14H,8-9,17H2,1-3H3,(H,18,19)/t13-,14?/m1/s1. The summed E-state index contributed by atoms with van der Waals surface area (Å²) in [7, 11) is 0. The lowest BCUT2D eigenvalue weighted by molar-refractivity contribution is -0.123. The lowest BCUT2D eigenvalue weighted by atomic mass is 9.95. The minimum absolute atomic E-state index is 0.0416. The van der Waals surface area contributed by atoms with Crippen molar-refractivity contribution in [3.05, 3.63) is 34.9 Å². The number of halogens is 1. The van der Waals surface area contributed by atoms with Gasteiger partial charge in [0.1, 0.15) is 0 Å². The highest BCUT2D eigenvalue weighted by Crippen LogP contribution is 2.23. The van der Waals surface area contributed by atoms with Gasteiger partial charge in [-0.05, 0) is 42.0 Å². The summed E-state index contributed by atoms with van der Waals surface area (Å²) in [5.74, 6) is 1.09. The van der Waals surface area contributed by atoms with Crippen molar-refractivity contribution in [2.24, 2.45) is 11.7 Å². The van der Waals surface area contributed by atoms with Gasteiger partial charge in [-0.2, -0.15) is 11.8 Å². The zero-order valence-electron chi connectivity index (χ0n) is 12.2. The van der Waals surface area contributed by atoms with Crippen LogP contribution in [0.1, 0.15) is 31.9 Å². The van der Waals surface area contributed by atoms with E-state index in [1.54, 1.807) is 11.8 Å². The van der Waals surface area contributed by atoms with E-state index < -0.39 is 6.04 Å². The molecule has 1 unspecified atom stereocenters. The van der Waals surface area contributed by atoms with Gasteiger partial charge in [-0.1, -0.05) is 37.6 Å².